The number of ether oxygens (including phenoxy) is 2. The molecule has 1 N–H and O–H groups in total. The van der Waals surface area contributed by atoms with Gasteiger partial charge in [-0.3, -0.25) is 13.9 Å². The summed E-state index contributed by atoms with van der Waals surface area (Å²) in [6, 6.07) is 15.4. The minimum atomic E-state index is -4.24. The van der Waals surface area contributed by atoms with E-state index >= 15 is 0 Å². The summed E-state index contributed by atoms with van der Waals surface area (Å²) in [6.45, 7) is 4.84. The summed E-state index contributed by atoms with van der Waals surface area (Å²) in [6.07, 6.45) is 0. The van der Waals surface area contributed by atoms with E-state index in [2.05, 4.69) is 5.32 Å². The van der Waals surface area contributed by atoms with Crippen molar-refractivity contribution in [1.82, 2.24) is 10.2 Å². The number of carbonyl (C=O) groups excluding carboxylic acids is 2. The van der Waals surface area contributed by atoms with Gasteiger partial charge in [-0.05, 0) is 62.7 Å². The van der Waals surface area contributed by atoms with Gasteiger partial charge in [0, 0.05) is 19.2 Å². The van der Waals surface area contributed by atoms with Crippen LogP contribution in [0.3, 0.4) is 0 Å². The molecule has 3 aromatic carbocycles. The molecular formula is C29H34FN3O6S. The van der Waals surface area contributed by atoms with Crippen molar-refractivity contribution in [1.29, 1.82) is 0 Å². The van der Waals surface area contributed by atoms with E-state index in [4.69, 9.17) is 9.47 Å². The van der Waals surface area contributed by atoms with Crippen molar-refractivity contribution in [2.45, 2.75) is 38.3 Å². The first-order valence-corrected chi connectivity index (χ1v) is 14.1. The quantitative estimate of drug-likeness (QED) is 0.354. The molecule has 11 heteroatoms. The first-order valence-electron chi connectivity index (χ1n) is 12.6. The number of benzene rings is 3. The average Bonchev–Trinajstić information content (AvgIpc) is 2.95. The molecule has 0 saturated carbocycles. The van der Waals surface area contributed by atoms with Crippen molar-refractivity contribution in [2.75, 3.05) is 31.6 Å². The van der Waals surface area contributed by atoms with Gasteiger partial charge in [0.05, 0.1) is 24.8 Å². The van der Waals surface area contributed by atoms with Crippen LogP contribution < -0.4 is 19.1 Å². The summed E-state index contributed by atoms with van der Waals surface area (Å²) in [5, 5.41) is 2.69. The molecule has 214 valence electrons. The Labute approximate surface area is 234 Å². The van der Waals surface area contributed by atoms with Crippen LogP contribution >= 0.6 is 0 Å². The summed E-state index contributed by atoms with van der Waals surface area (Å²) in [5.41, 5.74) is 1.61. The highest BCUT2D eigenvalue weighted by molar-refractivity contribution is 7.92. The molecule has 1 unspecified atom stereocenters. The molecule has 0 saturated heterocycles. The van der Waals surface area contributed by atoms with Gasteiger partial charge in [0.1, 0.15) is 18.4 Å². The number of nitrogens with zero attached hydrogens (tertiary/aromatic N) is 2. The van der Waals surface area contributed by atoms with Crippen LogP contribution in [0.5, 0.6) is 11.5 Å². The number of likely N-dealkylation sites (N-methyl/N-ethyl adjacent to an activating group) is 1. The van der Waals surface area contributed by atoms with Crippen molar-refractivity contribution in [3.05, 3.63) is 83.7 Å². The number of aryl methyl sites for hydroxylation is 1. The molecular weight excluding hydrogens is 537 g/mol. The number of carbonyl (C=O) groups is 2. The highest BCUT2D eigenvalue weighted by atomic mass is 32.2. The van der Waals surface area contributed by atoms with E-state index in [1.54, 1.807) is 32.0 Å². The van der Waals surface area contributed by atoms with Gasteiger partial charge in [-0.15, -0.1) is 0 Å². The van der Waals surface area contributed by atoms with Gasteiger partial charge >= 0.3 is 0 Å². The lowest BCUT2D eigenvalue weighted by atomic mass is 10.1. The molecule has 1 atom stereocenters. The Morgan fingerprint density at radius 2 is 1.57 bits per heavy atom. The standard InChI is InChI=1S/C29H34FN3O6S/c1-6-31-29(35)21(3)32(18-22-9-11-23(30)12-10-22)28(34)19-33(24-13-16-26(38-4)27(17-24)39-5)40(36,37)25-14-7-20(2)8-15-25/h7-17,21H,6,18-19H2,1-5H3,(H,31,35). The molecule has 0 fully saturated rings. The maximum absolute atomic E-state index is 13.9. The smallest absolute Gasteiger partial charge is 0.264 e. The average molecular weight is 572 g/mol. The number of nitrogens with one attached hydrogen (secondary N) is 1. The molecule has 2 amide bonds. The number of hydrogen-bond acceptors (Lipinski definition) is 6. The van der Waals surface area contributed by atoms with E-state index in [0.717, 1.165) is 9.87 Å². The van der Waals surface area contributed by atoms with Crippen LogP contribution in [0.1, 0.15) is 25.0 Å². The molecule has 0 spiro atoms. The zero-order chi connectivity index (χ0) is 29.4. The van der Waals surface area contributed by atoms with Crippen molar-refractivity contribution in [3.63, 3.8) is 0 Å². The van der Waals surface area contributed by atoms with Gasteiger partial charge in [0.2, 0.25) is 11.8 Å². The van der Waals surface area contributed by atoms with Gasteiger partial charge in [-0.1, -0.05) is 29.8 Å². The number of hydrogen-bond donors (Lipinski definition) is 1. The number of methoxy groups -OCH3 is 2. The van der Waals surface area contributed by atoms with Gasteiger partial charge in [-0.25, -0.2) is 12.8 Å². The number of anilines is 1. The second-order valence-corrected chi connectivity index (χ2v) is 10.9. The second-order valence-electron chi connectivity index (χ2n) is 9.08. The van der Waals surface area contributed by atoms with Gasteiger partial charge < -0.3 is 19.7 Å². The first-order chi connectivity index (χ1) is 19.0. The lowest BCUT2D eigenvalue weighted by Gasteiger charge is -2.32. The van der Waals surface area contributed by atoms with Crippen LogP contribution in [-0.4, -0.2) is 58.5 Å². The third-order valence-corrected chi connectivity index (χ3v) is 8.12. The molecule has 3 aromatic rings. The molecule has 9 nitrogen and oxygen atoms in total. The fourth-order valence-corrected chi connectivity index (χ4v) is 5.44. The molecule has 0 heterocycles. The van der Waals surface area contributed by atoms with E-state index in [0.29, 0.717) is 17.9 Å². The van der Waals surface area contributed by atoms with Crippen LogP contribution in [0.2, 0.25) is 0 Å². The highest BCUT2D eigenvalue weighted by Gasteiger charge is 2.33. The van der Waals surface area contributed by atoms with Crippen molar-refractivity contribution in [3.8, 4) is 11.5 Å². The largest absolute Gasteiger partial charge is 0.493 e. The number of rotatable bonds is 12. The number of halogens is 1. The molecule has 0 radical (unpaired) electrons. The van der Waals surface area contributed by atoms with E-state index in [-0.39, 0.29) is 22.9 Å². The Bertz CT molecular complexity index is 1430. The molecule has 0 aliphatic rings. The third-order valence-electron chi connectivity index (χ3n) is 6.33. The third kappa shape index (κ3) is 7.09. The number of sulfonamides is 1. The Hall–Kier alpha value is -4.12. The Balaban J connectivity index is 2.08. The van der Waals surface area contributed by atoms with E-state index < -0.39 is 40.2 Å². The molecule has 3 rings (SSSR count). The lowest BCUT2D eigenvalue weighted by molar-refractivity contribution is -0.139. The Morgan fingerprint density at radius 3 is 2.15 bits per heavy atom. The highest BCUT2D eigenvalue weighted by Crippen LogP contribution is 2.34. The Kier molecular flexibility index (Phi) is 10.1. The summed E-state index contributed by atoms with van der Waals surface area (Å²) in [5.74, 6) is -0.823. The van der Waals surface area contributed by atoms with Crippen molar-refractivity contribution in [2.24, 2.45) is 0 Å². The lowest BCUT2D eigenvalue weighted by Crippen LogP contribution is -2.51. The summed E-state index contributed by atoms with van der Waals surface area (Å²) >= 11 is 0. The molecule has 0 aliphatic heterocycles. The number of amides is 2. The molecule has 0 aliphatic carbocycles. The van der Waals surface area contributed by atoms with Crippen LogP contribution in [0.4, 0.5) is 10.1 Å². The summed E-state index contributed by atoms with van der Waals surface area (Å²) in [4.78, 5) is 27.9. The minimum Gasteiger partial charge on any atom is -0.493 e. The SMILES string of the molecule is CCNC(=O)C(C)N(Cc1ccc(F)cc1)C(=O)CN(c1ccc(OC)c(OC)c1)S(=O)(=O)c1ccc(C)cc1. The summed E-state index contributed by atoms with van der Waals surface area (Å²) < 4.78 is 53.0. The normalized spacial score (nSPS) is 11.8. The minimum absolute atomic E-state index is 0.0115. The van der Waals surface area contributed by atoms with Gasteiger partial charge in [0.15, 0.2) is 11.5 Å². The maximum Gasteiger partial charge on any atom is 0.264 e. The molecule has 0 bridgehead atoms. The fourth-order valence-electron chi connectivity index (χ4n) is 4.04. The van der Waals surface area contributed by atoms with Gasteiger partial charge in [0.25, 0.3) is 10.0 Å². The second kappa shape index (κ2) is 13.3. The van der Waals surface area contributed by atoms with Gasteiger partial charge in [-0.2, -0.15) is 0 Å². The monoisotopic (exact) mass is 571 g/mol. The van der Waals surface area contributed by atoms with E-state index in [9.17, 15) is 22.4 Å². The van der Waals surface area contributed by atoms with Crippen LogP contribution in [0, 0.1) is 12.7 Å². The molecule has 40 heavy (non-hydrogen) atoms. The van der Waals surface area contributed by atoms with E-state index in [1.165, 1.54) is 67.7 Å². The van der Waals surface area contributed by atoms with Crippen molar-refractivity contribution < 1.29 is 31.9 Å². The predicted molar refractivity (Wildman–Crippen MR) is 150 cm³/mol. The zero-order valence-corrected chi connectivity index (χ0v) is 24.0. The van der Waals surface area contributed by atoms with E-state index in [1.807, 2.05) is 6.92 Å². The predicted octanol–water partition coefficient (Wildman–Crippen LogP) is 3.90. The van der Waals surface area contributed by atoms with Crippen molar-refractivity contribution >= 4 is 27.5 Å². The fraction of sp³-hybridized carbons (Fsp3) is 0.310. The summed E-state index contributed by atoms with van der Waals surface area (Å²) in [7, 11) is -1.36. The Morgan fingerprint density at radius 1 is 0.950 bits per heavy atom. The van der Waals surface area contributed by atoms with Crippen LogP contribution in [0.15, 0.2) is 71.6 Å². The maximum atomic E-state index is 13.9. The topological polar surface area (TPSA) is 105 Å². The van der Waals surface area contributed by atoms with Crippen LogP contribution in [0.25, 0.3) is 0 Å². The van der Waals surface area contributed by atoms with Crippen LogP contribution in [-0.2, 0) is 26.2 Å². The molecule has 0 aromatic heterocycles. The zero-order valence-electron chi connectivity index (χ0n) is 23.2. The first kappa shape index (κ1) is 30.4.